The Kier molecular flexibility index (Phi) is 5.98. The first-order chi connectivity index (χ1) is 11.0. The summed E-state index contributed by atoms with van der Waals surface area (Å²) in [6.45, 7) is 2.70. The molecule has 23 heavy (non-hydrogen) atoms. The average Bonchev–Trinajstić information content (AvgIpc) is 2.55. The maximum absolute atomic E-state index is 12.3. The Balaban J connectivity index is 1.84. The van der Waals surface area contributed by atoms with Crippen LogP contribution in [-0.2, 0) is 20.9 Å². The van der Waals surface area contributed by atoms with Crippen LogP contribution in [0.1, 0.15) is 25.3 Å². The third-order valence-corrected chi connectivity index (χ3v) is 4.23. The van der Waals surface area contributed by atoms with Crippen molar-refractivity contribution in [1.82, 2.24) is 4.90 Å². The molecular formula is C17H24N2O4. The predicted octanol–water partition coefficient (Wildman–Crippen LogP) is 1.32. The fourth-order valence-electron chi connectivity index (χ4n) is 2.79. The van der Waals surface area contributed by atoms with Crippen molar-refractivity contribution in [3.63, 3.8) is 0 Å². The molecule has 0 aliphatic carbocycles. The second-order valence-electron chi connectivity index (χ2n) is 5.92. The molecule has 0 aromatic heterocycles. The van der Waals surface area contributed by atoms with E-state index < -0.39 is 0 Å². The van der Waals surface area contributed by atoms with Gasteiger partial charge in [0.1, 0.15) is 12.4 Å². The van der Waals surface area contributed by atoms with Gasteiger partial charge in [-0.05, 0) is 37.5 Å². The smallest absolute Gasteiger partial charge is 0.248 e. The normalized spacial score (nSPS) is 21.0. The van der Waals surface area contributed by atoms with Crippen LogP contribution in [0.25, 0.3) is 0 Å². The summed E-state index contributed by atoms with van der Waals surface area (Å²) in [6, 6.07) is 7.63. The van der Waals surface area contributed by atoms with E-state index in [1.807, 2.05) is 31.2 Å². The SMILES string of the molecule is COc1cccc(COCC(=O)N2C[C@@H](C(N)=O)CC[C@@H]2C)c1. The average molecular weight is 320 g/mol. The highest BCUT2D eigenvalue weighted by Gasteiger charge is 2.31. The van der Waals surface area contributed by atoms with Crippen LogP contribution in [0.5, 0.6) is 5.75 Å². The second kappa shape index (κ2) is 7.97. The number of hydrogen-bond donors (Lipinski definition) is 1. The first-order valence-electron chi connectivity index (χ1n) is 7.80. The van der Waals surface area contributed by atoms with Gasteiger partial charge in [-0.25, -0.2) is 0 Å². The molecule has 1 saturated heterocycles. The van der Waals surface area contributed by atoms with E-state index in [0.29, 0.717) is 13.2 Å². The number of ether oxygens (including phenoxy) is 2. The van der Waals surface area contributed by atoms with Crippen molar-refractivity contribution in [3.05, 3.63) is 29.8 Å². The van der Waals surface area contributed by atoms with E-state index in [0.717, 1.165) is 24.2 Å². The monoisotopic (exact) mass is 320 g/mol. The van der Waals surface area contributed by atoms with Crippen LogP contribution in [0.4, 0.5) is 0 Å². The number of nitrogens with two attached hydrogens (primary N) is 1. The van der Waals surface area contributed by atoms with Crippen LogP contribution in [0.3, 0.4) is 0 Å². The molecule has 126 valence electrons. The first kappa shape index (κ1) is 17.3. The summed E-state index contributed by atoms with van der Waals surface area (Å²) >= 11 is 0. The number of hydrogen-bond acceptors (Lipinski definition) is 4. The van der Waals surface area contributed by atoms with Crippen molar-refractivity contribution in [3.8, 4) is 5.75 Å². The number of primary amides is 1. The minimum Gasteiger partial charge on any atom is -0.497 e. The molecule has 0 saturated carbocycles. The lowest BCUT2D eigenvalue weighted by Crippen LogP contribution is -2.49. The number of carbonyl (C=O) groups excluding carboxylic acids is 2. The maximum Gasteiger partial charge on any atom is 0.248 e. The lowest BCUT2D eigenvalue weighted by atomic mass is 9.93. The zero-order chi connectivity index (χ0) is 16.8. The molecule has 2 rings (SSSR count). The Bertz CT molecular complexity index is 561. The van der Waals surface area contributed by atoms with Crippen molar-refractivity contribution >= 4 is 11.8 Å². The van der Waals surface area contributed by atoms with E-state index in [9.17, 15) is 9.59 Å². The maximum atomic E-state index is 12.3. The predicted molar refractivity (Wildman–Crippen MR) is 85.7 cm³/mol. The molecule has 6 nitrogen and oxygen atoms in total. The largest absolute Gasteiger partial charge is 0.497 e. The molecule has 0 radical (unpaired) electrons. The molecule has 6 heteroatoms. The molecule has 0 bridgehead atoms. The Morgan fingerprint density at radius 2 is 2.13 bits per heavy atom. The van der Waals surface area contributed by atoms with Gasteiger partial charge in [0.25, 0.3) is 0 Å². The van der Waals surface area contributed by atoms with Crippen LogP contribution in [0.15, 0.2) is 24.3 Å². The molecule has 0 spiro atoms. The molecule has 2 N–H and O–H groups in total. The van der Waals surface area contributed by atoms with Crippen molar-refractivity contribution in [1.29, 1.82) is 0 Å². The quantitative estimate of drug-likeness (QED) is 0.857. The summed E-state index contributed by atoms with van der Waals surface area (Å²) in [4.78, 5) is 25.3. The molecule has 1 aliphatic rings. The summed E-state index contributed by atoms with van der Waals surface area (Å²) < 4.78 is 10.7. The van der Waals surface area contributed by atoms with Gasteiger partial charge in [0.05, 0.1) is 19.6 Å². The standard InChI is InChI=1S/C17H24N2O4/c1-12-6-7-14(17(18)21)9-19(12)16(20)11-23-10-13-4-3-5-15(8-13)22-2/h3-5,8,12,14H,6-7,9-11H2,1-2H3,(H2,18,21)/t12-,14-/m0/s1. The zero-order valence-corrected chi connectivity index (χ0v) is 13.7. The summed E-state index contributed by atoms with van der Waals surface area (Å²) in [5.41, 5.74) is 6.30. The number of likely N-dealkylation sites (tertiary alicyclic amines) is 1. The van der Waals surface area contributed by atoms with Gasteiger partial charge < -0.3 is 20.1 Å². The number of benzene rings is 1. The number of carbonyl (C=O) groups is 2. The number of nitrogens with zero attached hydrogens (tertiary/aromatic N) is 1. The van der Waals surface area contributed by atoms with Crippen molar-refractivity contribution in [2.75, 3.05) is 20.3 Å². The van der Waals surface area contributed by atoms with Gasteiger partial charge in [-0.15, -0.1) is 0 Å². The third-order valence-electron chi connectivity index (χ3n) is 4.23. The highest BCUT2D eigenvalue weighted by Crippen LogP contribution is 2.22. The Morgan fingerprint density at radius 1 is 1.35 bits per heavy atom. The Morgan fingerprint density at radius 3 is 2.83 bits per heavy atom. The van der Waals surface area contributed by atoms with Gasteiger partial charge in [-0.3, -0.25) is 9.59 Å². The van der Waals surface area contributed by atoms with Crippen molar-refractivity contribution in [2.24, 2.45) is 11.7 Å². The van der Waals surface area contributed by atoms with E-state index in [-0.39, 0.29) is 30.4 Å². The van der Waals surface area contributed by atoms with E-state index in [1.54, 1.807) is 12.0 Å². The summed E-state index contributed by atoms with van der Waals surface area (Å²) in [7, 11) is 1.61. The minimum atomic E-state index is -0.341. The van der Waals surface area contributed by atoms with Crippen LogP contribution in [0, 0.1) is 5.92 Å². The fraction of sp³-hybridized carbons (Fsp3) is 0.529. The molecule has 1 fully saturated rings. The number of amides is 2. The van der Waals surface area contributed by atoms with Crippen LogP contribution < -0.4 is 10.5 Å². The number of methoxy groups -OCH3 is 1. The second-order valence-corrected chi connectivity index (χ2v) is 5.92. The van der Waals surface area contributed by atoms with Gasteiger partial charge in [-0.2, -0.15) is 0 Å². The molecule has 1 aliphatic heterocycles. The molecular weight excluding hydrogens is 296 g/mol. The van der Waals surface area contributed by atoms with Crippen LogP contribution in [0.2, 0.25) is 0 Å². The van der Waals surface area contributed by atoms with E-state index in [1.165, 1.54) is 0 Å². The lowest BCUT2D eigenvalue weighted by molar-refractivity contribution is -0.142. The third kappa shape index (κ3) is 4.69. The topological polar surface area (TPSA) is 81.9 Å². The molecule has 2 atom stereocenters. The van der Waals surface area contributed by atoms with E-state index in [2.05, 4.69) is 0 Å². The number of rotatable bonds is 6. The van der Waals surface area contributed by atoms with Gasteiger partial charge in [0.2, 0.25) is 11.8 Å². The van der Waals surface area contributed by atoms with Gasteiger partial charge in [0, 0.05) is 12.6 Å². The van der Waals surface area contributed by atoms with E-state index >= 15 is 0 Å². The highest BCUT2D eigenvalue weighted by atomic mass is 16.5. The molecule has 0 unspecified atom stereocenters. The van der Waals surface area contributed by atoms with Crippen molar-refractivity contribution < 1.29 is 19.1 Å². The summed E-state index contributed by atoms with van der Waals surface area (Å²) in [5, 5.41) is 0. The van der Waals surface area contributed by atoms with Gasteiger partial charge in [0.15, 0.2) is 0 Å². The zero-order valence-electron chi connectivity index (χ0n) is 13.7. The molecule has 1 aromatic carbocycles. The Labute approximate surface area is 136 Å². The molecule has 1 heterocycles. The van der Waals surface area contributed by atoms with Gasteiger partial charge in [-0.1, -0.05) is 12.1 Å². The van der Waals surface area contributed by atoms with Crippen LogP contribution >= 0.6 is 0 Å². The minimum absolute atomic E-state index is 0.00691. The van der Waals surface area contributed by atoms with E-state index in [4.69, 9.17) is 15.2 Å². The summed E-state index contributed by atoms with van der Waals surface area (Å²) in [6.07, 6.45) is 1.53. The van der Waals surface area contributed by atoms with Crippen molar-refractivity contribution in [2.45, 2.75) is 32.4 Å². The first-order valence-corrected chi connectivity index (χ1v) is 7.80. The number of piperidine rings is 1. The molecule has 1 aromatic rings. The highest BCUT2D eigenvalue weighted by molar-refractivity contribution is 5.81. The van der Waals surface area contributed by atoms with Crippen LogP contribution in [-0.4, -0.2) is 43.0 Å². The Hall–Kier alpha value is -2.08. The fourth-order valence-corrected chi connectivity index (χ4v) is 2.79. The summed E-state index contributed by atoms with van der Waals surface area (Å²) in [5.74, 6) is 0.0539. The van der Waals surface area contributed by atoms with Gasteiger partial charge >= 0.3 is 0 Å². The molecule has 2 amide bonds. The lowest BCUT2D eigenvalue weighted by Gasteiger charge is -2.36.